The highest BCUT2D eigenvalue weighted by Gasteiger charge is 2.16. The van der Waals surface area contributed by atoms with Crippen LogP contribution in [0.2, 0.25) is 0 Å². The number of hydrogen-bond acceptors (Lipinski definition) is 4. The molecule has 0 amide bonds. The van der Waals surface area contributed by atoms with Gasteiger partial charge in [0.2, 0.25) is 0 Å². The summed E-state index contributed by atoms with van der Waals surface area (Å²) in [5.41, 5.74) is 2.51. The predicted molar refractivity (Wildman–Crippen MR) is 135 cm³/mol. The number of halogens is 1. The standard InChI is InChI=1S/C23H33N5O.HI/c1-24-23(26-18-21-10-6-7-11-22(21)29-2)25-12-13-27-14-16-28(17-15-27)19-20-8-4-3-5-9-20;/h3-11H,12-19H2,1-2H3,(H2,24,25,26);1H. The Balaban J connectivity index is 0.00000320. The quantitative estimate of drug-likeness (QED) is 0.317. The van der Waals surface area contributed by atoms with Crippen LogP contribution in [0, 0.1) is 0 Å². The van der Waals surface area contributed by atoms with Gasteiger partial charge >= 0.3 is 0 Å². The van der Waals surface area contributed by atoms with E-state index < -0.39 is 0 Å². The number of para-hydroxylation sites is 1. The van der Waals surface area contributed by atoms with E-state index >= 15 is 0 Å². The zero-order chi connectivity index (χ0) is 20.3. The van der Waals surface area contributed by atoms with Gasteiger partial charge in [-0.2, -0.15) is 0 Å². The van der Waals surface area contributed by atoms with Gasteiger partial charge in [-0.25, -0.2) is 0 Å². The summed E-state index contributed by atoms with van der Waals surface area (Å²) in [6, 6.07) is 18.8. The summed E-state index contributed by atoms with van der Waals surface area (Å²) in [6.07, 6.45) is 0. The Hall–Kier alpha value is -1.84. The van der Waals surface area contributed by atoms with E-state index in [1.165, 1.54) is 5.56 Å². The molecule has 1 heterocycles. The molecule has 6 nitrogen and oxygen atoms in total. The minimum atomic E-state index is 0. The molecule has 0 spiro atoms. The Morgan fingerprint density at radius 3 is 2.30 bits per heavy atom. The average Bonchev–Trinajstić information content (AvgIpc) is 2.78. The first kappa shape index (κ1) is 24.4. The number of rotatable bonds is 8. The van der Waals surface area contributed by atoms with E-state index in [9.17, 15) is 0 Å². The van der Waals surface area contributed by atoms with Gasteiger partial charge in [-0.3, -0.25) is 14.8 Å². The van der Waals surface area contributed by atoms with Gasteiger partial charge in [0, 0.05) is 65.0 Å². The molecule has 0 radical (unpaired) electrons. The molecule has 7 heteroatoms. The second-order valence-corrected chi connectivity index (χ2v) is 7.27. The fraction of sp³-hybridized carbons (Fsp3) is 0.435. The van der Waals surface area contributed by atoms with Crippen LogP contribution in [-0.4, -0.2) is 69.2 Å². The van der Waals surface area contributed by atoms with Gasteiger partial charge in [-0.1, -0.05) is 48.5 Å². The molecule has 3 rings (SSSR count). The fourth-order valence-corrected chi connectivity index (χ4v) is 3.59. The molecule has 2 N–H and O–H groups in total. The summed E-state index contributed by atoms with van der Waals surface area (Å²) >= 11 is 0. The van der Waals surface area contributed by atoms with E-state index in [1.54, 1.807) is 14.2 Å². The molecule has 2 aromatic rings. The third-order valence-corrected chi connectivity index (χ3v) is 5.30. The zero-order valence-corrected chi connectivity index (χ0v) is 20.3. The van der Waals surface area contributed by atoms with Gasteiger partial charge in [-0.15, -0.1) is 24.0 Å². The fourth-order valence-electron chi connectivity index (χ4n) is 3.59. The van der Waals surface area contributed by atoms with Gasteiger partial charge in [0.1, 0.15) is 5.75 Å². The molecule has 1 aliphatic rings. The molecule has 164 valence electrons. The van der Waals surface area contributed by atoms with Crippen molar-refractivity contribution in [1.82, 2.24) is 20.4 Å². The molecule has 0 unspecified atom stereocenters. The van der Waals surface area contributed by atoms with Gasteiger partial charge in [0.15, 0.2) is 5.96 Å². The molecular weight excluding hydrogens is 489 g/mol. The van der Waals surface area contributed by atoms with E-state index in [2.05, 4.69) is 61.8 Å². The van der Waals surface area contributed by atoms with Gasteiger partial charge in [-0.05, 0) is 11.6 Å². The summed E-state index contributed by atoms with van der Waals surface area (Å²) in [6.45, 7) is 8.10. The van der Waals surface area contributed by atoms with Crippen LogP contribution >= 0.6 is 24.0 Å². The molecule has 0 saturated carbocycles. The molecule has 1 fully saturated rings. The van der Waals surface area contributed by atoms with Gasteiger partial charge < -0.3 is 15.4 Å². The van der Waals surface area contributed by atoms with Gasteiger partial charge in [0.05, 0.1) is 7.11 Å². The third kappa shape index (κ3) is 7.77. The lowest BCUT2D eigenvalue weighted by atomic mass is 10.2. The van der Waals surface area contributed by atoms with Crippen LogP contribution in [0.25, 0.3) is 0 Å². The first-order chi connectivity index (χ1) is 14.3. The highest BCUT2D eigenvalue weighted by Crippen LogP contribution is 2.16. The first-order valence-corrected chi connectivity index (χ1v) is 10.3. The zero-order valence-electron chi connectivity index (χ0n) is 18.0. The third-order valence-electron chi connectivity index (χ3n) is 5.30. The smallest absolute Gasteiger partial charge is 0.191 e. The molecule has 2 aromatic carbocycles. The molecular formula is C23H34IN5O. The van der Waals surface area contributed by atoms with Crippen molar-refractivity contribution >= 4 is 29.9 Å². The molecule has 30 heavy (non-hydrogen) atoms. The minimum Gasteiger partial charge on any atom is -0.496 e. The Labute approximate surface area is 197 Å². The molecule has 0 atom stereocenters. The van der Waals surface area contributed by atoms with Crippen LogP contribution in [0.4, 0.5) is 0 Å². The number of piperazine rings is 1. The first-order valence-electron chi connectivity index (χ1n) is 10.3. The van der Waals surface area contributed by atoms with Crippen LogP contribution in [0.3, 0.4) is 0 Å². The topological polar surface area (TPSA) is 52.1 Å². The highest BCUT2D eigenvalue weighted by molar-refractivity contribution is 14.0. The summed E-state index contributed by atoms with van der Waals surface area (Å²) in [7, 11) is 3.51. The predicted octanol–water partition coefficient (Wildman–Crippen LogP) is 2.80. The minimum absolute atomic E-state index is 0. The molecule has 1 aliphatic heterocycles. The lowest BCUT2D eigenvalue weighted by Crippen LogP contribution is -2.48. The van der Waals surface area contributed by atoms with Gasteiger partial charge in [0.25, 0.3) is 0 Å². The molecule has 0 aliphatic carbocycles. The number of guanidine groups is 1. The van der Waals surface area contributed by atoms with Crippen molar-refractivity contribution in [3.63, 3.8) is 0 Å². The number of nitrogens with zero attached hydrogens (tertiary/aromatic N) is 3. The maximum atomic E-state index is 5.41. The number of nitrogens with one attached hydrogen (secondary N) is 2. The van der Waals surface area contributed by atoms with Crippen molar-refractivity contribution in [1.29, 1.82) is 0 Å². The average molecular weight is 523 g/mol. The summed E-state index contributed by atoms with van der Waals surface area (Å²) in [5.74, 6) is 1.71. The highest BCUT2D eigenvalue weighted by atomic mass is 127. The maximum Gasteiger partial charge on any atom is 0.191 e. The second-order valence-electron chi connectivity index (χ2n) is 7.27. The van der Waals surface area contributed by atoms with E-state index in [-0.39, 0.29) is 24.0 Å². The maximum absolute atomic E-state index is 5.41. The van der Waals surface area contributed by atoms with Crippen molar-refractivity contribution in [3.8, 4) is 5.75 Å². The number of aliphatic imine (C=N–C) groups is 1. The Kier molecular flexibility index (Phi) is 11.0. The van der Waals surface area contributed by atoms with Crippen LogP contribution in [0.5, 0.6) is 5.75 Å². The van der Waals surface area contributed by atoms with E-state index in [4.69, 9.17) is 4.74 Å². The summed E-state index contributed by atoms with van der Waals surface area (Å²) in [5, 5.41) is 6.78. The molecule has 0 bridgehead atoms. The van der Waals surface area contributed by atoms with Crippen LogP contribution < -0.4 is 15.4 Å². The van der Waals surface area contributed by atoms with E-state index in [1.807, 2.05) is 18.2 Å². The Morgan fingerprint density at radius 2 is 1.60 bits per heavy atom. The van der Waals surface area contributed by atoms with Crippen molar-refractivity contribution in [2.24, 2.45) is 4.99 Å². The lowest BCUT2D eigenvalue weighted by molar-refractivity contribution is 0.129. The van der Waals surface area contributed by atoms with Crippen LogP contribution in [0.1, 0.15) is 11.1 Å². The number of benzene rings is 2. The summed E-state index contributed by atoms with van der Waals surface area (Å²) < 4.78 is 5.41. The summed E-state index contributed by atoms with van der Waals surface area (Å²) in [4.78, 5) is 9.38. The normalized spacial score (nSPS) is 15.3. The monoisotopic (exact) mass is 523 g/mol. The largest absolute Gasteiger partial charge is 0.496 e. The van der Waals surface area contributed by atoms with E-state index in [0.717, 1.165) is 63.1 Å². The Morgan fingerprint density at radius 1 is 0.933 bits per heavy atom. The van der Waals surface area contributed by atoms with Crippen LogP contribution in [-0.2, 0) is 13.1 Å². The van der Waals surface area contributed by atoms with Crippen molar-refractivity contribution in [2.45, 2.75) is 13.1 Å². The number of hydrogen-bond donors (Lipinski definition) is 2. The van der Waals surface area contributed by atoms with Crippen molar-refractivity contribution in [3.05, 3.63) is 65.7 Å². The number of methoxy groups -OCH3 is 1. The molecule has 0 aromatic heterocycles. The van der Waals surface area contributed by atoms with E-state index in [0.29, 0.717) is 6.54 Å². The van der Waals surface area contributed by atoms with Crippen LogP contribution in [0.15, 0.2) is 59.6 Å². The van der Waals surface area contributed by atoms with Crippen molar-refractivity contribution < 1.29 is 4.74 Å². The van der Waals surface area contributed by atoms with Crippen molar-refractivity contribution in [2.75, 3.05) is 53.4 Å². The number of ether oxygens (including phenoxy) is 1. The molecule has 1 saturated heterocycles. The Bertz CT molecular complexity index is 763. The lowest BCUT2D eigenvalue weighted by Gasteiger charge is -2.34. The second kappa shape index (κ2) is 13.5. The SMILES string of the molecule is CN=C(NCCN1CCN(Cc2ccccc2)CC1)NCc1ccccc1OC.I.